The normalized spacial score (nSPS) is 11.5. The fourth-order valence-electron chi connectivity index (χ4n) is 2.58. The number of carbonyl (C=O) groups is 1. The van der Waals surface area contributed by atoms with Crippen molar-refractivity contribution >= 4 is 38.9 Å². The Balaban J connectivity index is 1.60. The van der Waals surface area contributed by atoms with Crippen molar-refractivity contribution in [3.05, 3.63) is 58.5 Å². The Hall–Kier alpha value is -2.14. The number of methoxy groups -OCH3 is 1. The van der Waals surface area contributed by atoms with E-state index in [-0.39, 0.29) is 11.5 Å². The van der Waals surface area contributed by atoms with Crippen LogP contribution >= 0.6 is 23.1 Å². The first-order valence-corrected chi connectivity index (χ1v) is 12.4. The maximum Gasteiger partial charge on any atom is 0.208 e. The van der Waals surface area contributed by atoms with Gasteiger partial charge in [-0.05, 0) is 30.7 Å². The van der Waals surface area contributed by atoms with E-state index in [4.69, 9.17) is 4.74 Å². The van der Waals surface area contributed by atoms with Crippen LogP contribution in [0, 0.1) is 0 Å². The SMILES string of the molecule is COc1cccc(-n2ccnc2SCC(=O)c2ccc(CCNS(C)(=O)=O)s2)c1. The molecule has 10 heteroatoms. The third-order valence-corrected chi connectivity index (χ3v) is 6.82. The molecule has 0 amide bonds. The van der Waals surface area contributed by atoms with E-state index < -0.39 is 10.0 Å². The molecule has 0 saturated carbocycles. The van der Waals surface area contributed by atoms with Crippen LogP contribution in [0.2, 0.25) is 0 Å². The Labute approximate surface area is 178 Å². The number of hydrogen-bond donors (Lipinski definition) is 1. The van der Waals surface area contributed by atoms with E-state index in [9.17, 15) is 13.2 Å². The van der Waals surface area contributed by atoms with Gasteiger partial charge in [0.25, 0.3) is 0 Å². The molecule has 0 spiro atoms. The van der Waals surface area contributed by atoms with Crippen molar-refractivity contribution < 1.29 is 17.9 Å². The predicted octanol–water partition coefficient (Wildman–Crippen LogP) is 3.01. The highest BCUT2D eigenvalue weighted by atomic mass is 32.2. The number of sulfonamides is 1. The summed E-state index contributed by atoms with van der Waals surface area (Å²) in [5.74, 6) is 1.03. The van der Waals surface area contributed by atoms with E-state index >= 15 is 0 Å². The molecule has 2 aromatic heterocycles. The Kier molecular flexibility index (Phi) is 7.12. The Morgan fingerprint density at radius 3 is 2.90 bits per heavy atom. The number of nitrogens with zero attached hydrogens (tertiary/aromatic N) is 2. The molecule has 3 rings (SSSR count). The van der Waals surface area contributed by atoms with Crippen molar-refractivity contribution in [2.24, 2.45) is 0 Å². The molecular formula is C19H21N3O4S3. The number of benzene rings is 1. The summed E-state index contributed by atoms with van der Waals surface area (Å²) in [6, 6.07) is 11.3. The molecule has 0 bridgehead atoms. The van der Waals surface area contributed by atoms with E-state index in [1.54, 1.807) is 19.4 Å². The lowest BCUT2D eigenvalue weighted by Gasteiger charge is -2.08. The van der Waals surface area contributed by atoms with Crippen molar-refractivity contribution in [3.63, 3.8) is 0 Å². The second-order valence-corrected chi connectivity index (χ2v) is 10.1. The van der Waals surface area contributed by atoms with E-state index in [2.05, 4.69) is 9.71 Å². The Morgan fingerprint density at radius 1 is 1.31 bits per heavy atom. The summed E-state index contributed by atoms with van der Waals surface area (Å²) in [4.78, 5) is 18.5. The third-order valence-electron chi connectivity index (χ3n) is 3.94. The smallest absolute Gasteiger partial charge is 0.208 e. The number of aromatic nitrogens is 2. The molecule has 0 aliphatic carbocycles. The molecule has 29 heavy (non-hydrogen) atoms. The predicted molar refractivity (Wildman–Crippen MR) is 116 cm³/mol. The minimum absolute atomic E-state index is 0.0162. The Morgan fingerprint density at radius 2 is 2.14 bits per heavy atom. The number of nitrogens with one attached hydrogen (secondary N) is 1. The highest BCUT2D eigenvalue weighted by Gasteiger charge is 2.13. The van der Waals surface area contributed by atoms with Crippen LogP contribution in [0.3, 0.4) is 0 Å². The van der Waals surface area contributed by atoms with Crippen molar-refractivity contribution in [3.8, 4) is 11.4 Å². The second kappa shape index (κ2) is 9.57. The van der Waals surface area contributed by atoms with Crippen molar-refractivity contribution in [1.29, 1.82) is 0 Å². The average molecular weight is 452 g/mol. The van der Waals surface area contributed by atoms with Gasteiger partial charge < -0.3 is 4.74 Å². The number of thioether (sulfide) groups is 1. The van der Waals surface area contributed by atoms with Gasteiger partial charge in [-0.15, -0.1) is 11.3 Å². The summed E-state index contributed by atoms with van der Waals surface area (Å²) in [5.41, 5.74) is 0.911. The molecule has 0 radical (unpaired) electrons. The second-order valence-electron chi connectivity index (χ2n) is 6.18. The van der Waals surface area contributed by atoms with Gasteiger partial charge in [0, 0.05) is 29.9 Å². The maximum atomic E-state index is 12.6. The molecule has 154 valence electrons. The zero-order valence-electron chi connectivity index (χ0n) is 16.0. The molecule has 0 atom stereocenters. The van der Waals surface area contributed by atoms with Crippen molar-refractivity contribution in [1.82, 2.24) is 14.3 Å². The highest BCUT2D eigenvalue weighted by molar-refractivity contribution is 7.99. The molecule has 3 aromatic rings. The fraction of sp³-hybridized carbons (Fsp3) is 0.263. The zero-order valence-corrected chi connectivity index (χ0v) is 18.4. The first-order chi connectivity index (χ1) is 13.9. The molecule has 2 heterocycles. The minimum atomic E-state index is -3.20. The topological polar surface area (TPSA) is 90.3 Å². The largest absolute Gasteiger partial charge is 0.497 e. The van der Waals surface area contributed by atoms with Crippen LogP contribution in [-0.4, -0.2) is 49.4 Å². The van der Waals surface area contributed by atoms with E-state index in [0.717, 1.165) is 27.7 Å². The molecule has 0 unspecified atom stereocenters. The lowest BCUT2D eigenvalue weighted by atomic mass is 10.3. The summed E-state index contributed by atoms with van der Waals surface area (Å²) in [5, 5.41) is 0.723. The zero-order chi connectivity index (χ0) is 20.9. The van der Waals surface area contributed by atoms with Crippen LogP contribution in [0.15, 0.2) is 53.9 Å². The highest BCUT2D eigenvalue weighted by Crippen LogP contribution is 2.25. The number of imidazole rings is 1. The molecule has 0 aliphatic rings. The number of hydrogen-bond acceptors (Lipinski definition) is 7. The maximum absolute atomic E-state index is 12.6. The lowest BCUT2D eigenvalue weighted by Crippen LogP contribution is -2.23. The van der Waals surface area contributed by atoms with Gasteiger partial charge in [0.2, 0.25) is 10.0 Å². The van der Waals surface area contributed by atoms with E-state index in [0.29, 0.717) is 17.8 Å². The minimum Gasteiger partial charge on any atom is -0.497 e. The van der Waals surface area contributed by atoms with Gasteiger partial charge >= 0.3 is 0 Å². The van der Waals surface area contributed by atoms with E-state index in [1.807, 2.05) is 41.1 Å². The number of rotatable bonds is 10. The number of Topliss-reactive ketones (excluding diaryl/α,β-unsaturated/α-hetero) is 1. The summed E-state index contributed by atoms with van der Waals surface area (Å²) in [6.45, 7) is 0.319. The number of ketones is 1. The standard InChI is InChI=1S/C19H21N3O4S3/c1-26-15-5-3-4-14(12-15)22-11-10-20-19(22)27-13-17(23)18-7-6-16(28-18)8-9-21-29(2,24)25/h3-7,10-12,21H,8-9,13H2,1-2H3. The van der Waals surface area contributed by atoms with Crippen LogP contribution in [0.4, 0.5) is 0 Å². The van der Waals surface area contributed by atoms with Gasteiger partial charge in [-0.3, -0.25) is 9.36 Å². The average Bonchev–Trinajstić information content (AvgIpc) is 3.34. The molecular weight excluding hydrogens is 430 g/mol. The van der Waals surface area contributed by atoms with Gasteiger partial charge in [0.1, 0.15) is 5.75 Å². The number of ether oxygens (including phenoxy) is 1. The van der Waals surface area contributed by atoms with Gasteiger partial charge in [0.05, 0.1) is 29.7 Å². The quantitative estimate of drug-likeness (QED) is 0.376. The summed E-state index contributed by atoms with van der Waals surface area (Å²) in [6.07, 6.45) is 5.23. The molecule has 1 N–H and O–H groups in total. The summed E-state index contributed by atoms with van der Waals surface area (Å²) >= 11 is 2.76. The summed E-state index contributed by atoms with van der Waals surface area (Å²) in [7, 11) is -1.58. The van der Waals surface area contributed by atoms with Gasteiger partial charge in [-0.1, -0.05) is 17.8 Å². The number of carbonyl (C=O) groups excluding carboxylic acids is 1. The molecule has 7 nitrogen and oxygen atoms in total. The van der Waals surface area contributed by atoms with Crippen molar-refractivity contribution in [2.45, 2.75) is 11.6 Å². The first kappa shape index (κ1) is 21.6. The molecule has 0 fully saturated rings. The molecule has 0 saturated heterocycles. The van der Waals surface area contributed by atoms with Crippen LogP contribution in [0.25, 0.3) is 5.69 Å². The van der Waals surface area contributed by atoms with Crippen LogP contribution in [0.5, 0.6) is 5.75 Å². The van der Waals surface area contributed by atoms with Gasteiger partial charge in [-0.2, -0.15) is 0 Å². The monoisotopic (exact) mass is 451 g/mol. The third kappa shape index (κ3) is 6.17. The lowest BCUT2D eigenvalue weighted by molar-refractivity contribution is 0.102. The van der Waals surface area contributed by atoms with Crippen LogP contribution in [0.1, 0.15) is 14.5 Å². The molecule has 1 aromatic carbocycles. The number of thiophene rings is 1. The van der Waals surface area contributed by atoms with Gasteiger partial charge in [0.15, 0.2) is 10.9 Å². The summed E-state index contributed by atoms with van der Waals surface area (Å²) < 4.78 is 31.9. The fourth-order valence-corrected chi connectivity index (χ4v) is 4.94. The van der Waals surface area contributed by atoms with Crippen LogP contribution < -0.4 is 9.46 Å². The Bertz CT molecular complexity index is 1090. The van der Waals surface area contributed by atoms with Crippen LogP contribution in [-0.2, 0) is 16.4 Å². The van der Waals surface area contributed by atoms with E-state index in [1.165, 1.54) is 23.1 Å². The van der Waals surface area contributed by atoms with Crippen molar-refractivity contribution in [2.75, 3.05) is 25.7 Å². The first-order valence-electron chi connectivity index (χ1n) is 8.73. The molecule has 0 aliphatic heterocycles. The van der Waals surface area contributed by atoms with Gasteiger partial charge in [-0.25, -0.2) is 18.1 Å².